The van der Waals surface area contributed by atoms with Gasteiger partial charge in [-0.05, 0) is 18.2 Å². The van der Waals surface area contributed by atoms with Gasteiger partial charge in [0.15, 0.2) is 0 Å². The highest BCUT2D eigenvalue weighted by molar-refractivity contribution is 5.99. The number of rotatable bonds is 3. The standard InChI is InChI=1S/C12H15N3O2.ClH/c1-15(10-6-14-7-10)12(17)9-4-2-3-8(5-9)11(13)16;/h2-5,10,14H,6-7H2,1H3,(H2,13,16);1H. The molecule has 0 aromatic heterocycles. The summed E-state index contributed by atoms with van der Waals surface area (Å²) in [5, 5.41) is 3.11. The van der Waals surface area contributed by atoms with Gasteiger partial charge in [0.25, 0.3) is 5.91 Å². The summed E-state index contributed by atoms with van der Waals surface area (Å²) in [5.41, 5.74) is 6.04. The second-order valence-electron chi connectivity index (χ2n) is 4.17. The first-order valence-corrected chi connectivity index (χ1v) is 5.47. The van der Waals surface area contributed by atoms with Crippen LogP contribution in [0.1, 0.15) is 20.7 Å². The molecule has 1 fully saturated rings. The van der Waals surface area contributed by atoms with Crippen molar-refractivity contribution in [3.8, 4) is 0 Å². The minimum Gasteiger partial charge on any atom is -0.366 e. The third-order valence-corrected chi connectivity index (χ3v) is 3.02. The van der Waals surface area contributed by atoms with Crippen LogP contribution in [0.2, 0.25) is 0 Å². The lowest BCUT2D eigenvalue weighted by molar-refractivity contribution is 0.0681. The van der Waals surface area contributed by atoms with Crippen LogP contribution in [0.5, 0.6) is 0 Å². The summed E-state index contributed by atoms with van der Waals surface area (Å²) >= 11 is 0. The van der Waals surface area contributed by atoms with Gasteiger partial charge in [0.1, 0.15) is 0 Å². The minimum atomic E-state index is -0.521. The molecule has 0 radical (unpaired) electrons. The van der Waals surface area contributed by atoms with Crippen LogP contribution in [0.3, 0.4) is 0 Å². The second-order valence-corrected chi connectivity index (χ2v) is 4.17. The SMILES string of the molecule is CN(C(=O)c1cccc(C(N)=O)c1)C1CNC1.Cl. The average molecular weight is 270 g/mol. The van der Waals surface area contributed by atoms with E-state index in [2.05, 4.69) is 5.32 Å². The number of carbonyl (C=O) groups excluding carboxylic acids is 2. The van der Waals surface area contributed by atoms with Gasteiger partial charge in [0.05, 0.1) is 6.04 Å². The van der Waals surface area contributed by atoms with Gasteiger partial charge in [-0.15, -0.1) is 12.4 Å². The van der Waals surface area contributed by atoms with Gasteiger partial charge in [-0.3, -0.25) is 9.59 Å². The van der Waals surface area contributed by atoms with E-state index >= 15 is 0 Å². The van der Waals surface area contributed by atoms with E-state index in [-0.39, 0.29) is 24.4 Å². The normalized spacial score (nSPS) is 14.3. The number of hydrogen-bond acceptors (Lipinski definition) is 3. The molecule has 0 spiro atoms. The molecule has 0 atom stereocenters. The smallest absolute Gasteiger partial charge is 0.253 e. The van der Waals surface area contributed by atoms with E-state index < -0.39 is 5.91 Å². The van der Waals surface area contributed by atoms with Crippen LogP contribution >= 0.6 is 12.4 Å². The van der Waals surface area contributed by atoms with Gasteiger partial charge in [-0.1, -0.05) is 6.07 Å². The summed E-state index contributed by atoms with van der Waals surface area (Å²) in [6.07, 6.45) is 0. The Labute approximate surface area is 112 Å². The third kappa shape index (κ3) is 2.80. The van der Waals surface area contributed by atoms with Crippen molar-refractivity contribution in [3.05, 3.63) is 35.4 Å². The first-order chi connectivity index (χ1) is 8.09. The maximum absolute atomic E-state index is 12.1. The topological polar surface area (TPSA) is 75.4 Å². The predicted octanol–water partition coefficient (Wildman–Crippen LogP) is 0.251. The molecule has 3 N–H and O–H groups in total. The summed E-state index contributed by atoms with van der Waals surface area (Å²) in [7, 11) is 1.77. The predicted molar refractivity (Wildman–Crippen MR) is 71.0 cm³/mol. The van der Waals surface area contributed by atoms with Crippen LogP contribution in [0.4, 0.5) is 0 Å². The molecule has 0 saturated carbocycles. The highest BCUT2D eigenvalue weighted by Gasteiger charge is 2.26. The van der Waals surface area contributed by atoms with Gasteiger partial charge >= 0.3 is 0 Å². The molecular formula is C12H16ClN3O2. The fourth-order valence-corrected chi connectivity index (χ4v) is 1.72. The molecule has 1 heterocycles. The van der Waals surface area contributed by atoms with Gasteiger partial charge in [0.2, 0.25) is 5.91 Å². The number of nitrogens with one attached hydrogen (secondary N) is 1. The van der Waals surface area contributed by atoms with Crippen LogP contribution in [-0.2, 0) is 0 Å². The maximum atomic E-state index is 12.1. The Morgan fingerprint density at radius 2 is 1.94 bits per heavy atom. The molecule has 2 amide bonds. The van der Waals surface area contributed by atoms with Crippen LogP contribution in [0.25, 0.3) is 0 Å². The number of amides is 2. The van der Waals surface area contributed by atoms with E-state index in [1.165, 1.54) is 6.07 Å². The first-order valence-electron chi connectivity index (χ1n) is 5.47. The molecule has 0 bridgehead atoms. The summed E-state index contributed by atoms with van der Waals surface area (Å²) < 4.78 is 0. The molecule has 1 aromatic carbocycles. The molecule has 18 heavy (non-hydrogen) atoms. The average Bonchev–Trinajstić information content (AvgIpc) is 2.25. The van der Waals surface area contributed by atoms with E-state index in [0.717, 1.165) is 13.1 Å². The van der Waals surface area contributed by atoms with Crippen molar-refractivity contribution in [2.75, 3.05) is 20.1 Å². The Morgan fingerprint density at radius 1 is 1.33 bits per heavy atom. The van der Waals surface area contributed by atoms with Crippen molar-refractivity contribution in [1.29, 1.82) is 0 Å². The third-order valence-electron chi connectivity index (χ3n) is 3.02. The van der Waals surface area contributed by atoms with Crippen LogP contribution in [-0.4, -0.2) is 42.9 Å². The van der Waals surface area contributed by atoms with Crippen molar-refractivity contribution < 1.29 is 9.59 Å². The second kappa shape index (κ2) is 5.84. The zero-order valence-corrected chi connectivity index (χ0v) is 10.9. The van der Waals surface area contributed by atoms with Crippen molar-refractivity contribution in [1.82, 2.24) is 10.2 Å². The van der Waals surface area contributed by atoms with E-state index in [0.29, 0.717) is 11.1 Å². The Balaban J connectivity index is 0.00000162. The largest absolute Gasteiger partial charge is 0.366 e. The van der Waals surface area contributed by atoms with Crippen molar-refractivity contribution in [2.45, 2.75) is 6.04 Å². The number of hydrogen-bond donors (Lipinski definition) is 2. The summed E-state index contributed by atoms with van der Waals surface area (Å²) in [4.78, 5) is 24.8. The molecule has 1 aliphatic rings. The summed E-state index contributed by atoms with van der Waals surface area (Å²) in [6.45, 7) is 1.63. The molecule has 1 aliphatic heterocycles. The van der Waals surface area contributed by atoms with Crippen LogP contribution in [0, 0.1) is 0 Å². The van der Waals surface area contributed by atoms with Gasteiger partial charge in [0, 0.05) is 31.3 Å². The molecule has 0 unspecified atom stereocenters. The summed E-state index contributed by atoms with van der Waals surface area (Å²) in [6, 6.07) is 6.73. The first kappa shape index (κ1) is 14.5. The Hall–Kier alpha value is -1.59. The monoisotopic (exact) mass is 269 g/mol. The van der Waals surface area contributed by atoms with Crippen molar-refractivity contribution in [3.63, 3.8) is 0 Å². The lowest BCUT2D eigenvalue weighted by Gasteiger charge is -2.35. The summed E-state index contributed by atoms with van der Waals surface area (Å²) in [5.74, 6) is -0.604. The zero-order chi connectivity index (χ0) is 12.4. The number of carbonyl (C=O) groups is 2. The molecular weight excluding hydrogens is 254 g/mol. The molecule has 6 heteroatoms. The number of benzene rings is 1. The molecule has 98 valence electrons. The molecule has 2 rings (SSSR count). The van der Waals surface area contributed by atoms with Gasteiger partial charge in [-0.2, -0.15) is 0 Å². The van der Waals surface area contributed by atoms with Crippen molar-refractivity contribution in [2.24, 2.45) is 5.73 Å². The lowest BCUT2D eigenvalue weighted by atomic mass is 10.1. The van der Waals surface area contributed by atoms with Crippen LogP contribution in [0.15, 0.2) is 24.3 Å². The maximum Gasteiger partial charge on any atom is 0.253 e. The molecule has 0 aliphatic carbocycles. The van der Waals surface area contributed by atoms with E-state index in [1.807, 2.05) is 0 Å². The van der Waals surface area contributed by atoms with E-state index in [1.54, 1.807) is 30.1 Å². The Kier molecular flexibility index (Phi) is 4.69. The Bertz CT molecular complexity index is 460. The van der Waals surface area contributed by atoms with Gasteiger partial charge < -0.3 is 16.0 Å². The molecule has 5 nitrogen and oxygen atoms in total. The van der Waals surface area contributed by atoms with Crippen LogP contribution < -0.4 is 11.1 Å². The van der Waals surface area contributed by atoms with Crippen molar-refractivity contribution >= 4 is 24.2 Å². The number of primary amides is 1. The Morgan fingerprint density at radius 3 is 2.44 bits per heavy atom. The quantitative estimate of drug-likeness (QED) is 0.826. The molecule has 1 saturated heterocycles. The lowest BCUT2D eigenvalue weighted by Crippen LogP contribution is -2.57. The van der Waals surface area contributed by atoms with E-state index in [4.69, 9.17) is 5.73 Å². The van der Waals surface area contributed by atoms with E-state index in [9.17, 15) is 9.59 Å². The van der Waals surface area contributed by atoms with Gasteiger partial charge in [-0.25, -0.2) is 0 Å². The highest BCUT2D eigenvalue weighted by atomic mass is 35.5. The number of nitrogens with zero attached hydrogens (tertiary/aromatic N) is 1. The molecule has 1 aromatic rings. The highest BCUT2D eigenvalue weighted by Crippen LogP contribution is 2.11. The zero-order valence-electron chi connectivity index (χ0n) is 10.1. The minimum absolute atomic E-state index is 0. The fourth-order valence-electron chi connectivity index (χ4n) is 1.72. The fraction of sp³-hybridized carbons (Fsp3) is 0.333. The number of nitrogens with two attached hydrogens (primary N) is 1. The number of likely N-dealkylation sites (N-methyl/N-ethyl adjacent to an activating group) is 1. The number of halogens is 1.